The third kappa shape index (κ3) is 44.3. The van der Waals surface area contributed by atoms with Gasteiger partial charge in [0.2, 0.25) is 0 Å². The molecule has 0 radical (unpaired) electrons. The van der Waals surface area contributed by atoms with E-state index in [0.29, 0.717) is 25.7 Å². The van der Waals surface area contributed by atoms with Gasteiger partial charge in [0.25, 0.3) is 0 Å². The van der Waals surface area contributed by atoms with Gasteiger partial charge in [-0.2, -0.15) is 0 Å². The lowest BCUT2D eigenvalue weighted by molar-refractivity contribution is -0.155. The highest BCUT2D eigenvalue weighted by Gasteiger charge is 2.15. The molecule has 0 aromatic heterocycles. The second-order valence-corrected chi connectivity index (χ2v) is 16.7. The fourth-order valence-electron chi connectivity index (χ4n) is 6.88. The normalized spacial score (nSPS) is 11.5. The van der Waals surface area contributed by atoms with E-state index in [4.69, 9.17) is 19.3 Å². The number of unbranched alkanes of at least 4 members (excludes halogenated alkanes) is 30. The highest BCUT2D eigenvalue weighted by Crippen LogP contribution is 2.17. The van der Waals surface area contributed by atoms with Crippen LogP contribution in [0.2, 0.25) is 0 Å². The van der Waals surface area contributed by atoms with Crippen molar-refractivity contribution in [3.8, 4) is 0 Å². The molecule has 318 valence electrons. The molecule has 0 aliphatic rings. The van der Waals surface area contributed by atoms with Gasteiger partial charge in [0, 0.05) is 25.7 Å². The maximum Gasteiger partial charge on any atom is 0.306 e. The summed E-state index contributed by atoms with van der Waals surface area (Å²) in [5.74, 6) is -1.14. The minimum Gasteiger partial charge on any atom is -0.481 e. The fraction of sp³-hybridized carbons (Fsp3) is 0.913. The van der Waals surface area contributed by atoms with Gasteiger partial charge in [-0.15, -0.1) is 0 Å². The van der Waals surface area contributed by atoms with Gasteiger partial charge in [0.1, 0.15) is 18.8 Å². The van der Waals surface area contributed by atoms with Crippen molar-refractivity contribution in [2.24, 2.45) is 0 Å². The largest absolute Gasteiger partial charge is 0.481 e. The van der Waals surface area contributed by atoms with E-state index in [1.807, 2.05) is 20.8 Å². The predicted octanol–water partition coefficient (Wildman–Crippen LogP) is 13.5. The third-order valence-electron chi connectivity index (χ3n) is 10.1. The Kier molecular flexibility index (Phi) is 37.6. The molecule has 0 spiro atoms. The lowest BCUT2D eigenvalue weighted by Gasteiger charge is -2.19. The maximum absolute atomic E-state index is 12.0. The van der Waals surface area contributed by atoms with Gasteiger partial charge in [-0.05, 0) is 46.5 Å². The highest BCUT2D eigenvalue weighted by atomic mass is 16.6. The van der Waals surface area contributed by atoms with Crippen LogP contribution in [-0.4, -0.2) is 47.8 Å². The lowest BCUT2D eigenvalue weighted by atomic mass is 10.0. The summed E-state index contributed by atoms with van der Waals surface area (Å²) < 4.78 is 15.8. The average molecular weight is 767 g/mol. The molecule has 0 bridgehead atoms. The van der Waals surface area contributed by atoms with Crippen molar-refractivity contribution in [3.05, 3.63) is 0 Å². The number of carbonyl (C=O) groups is 4. The quantitative estimate of drug-likeness (QED) is 0.0371. The number of ether oxygens (including phenoxy) is 3. The van der Waals surface area contributed by atoms with Crippen molar-refractivity contribution in [2.45, 2.75) is 258 Å². The van der Waals surface area contributed by atoms with Crippen LogP contribution in [0.3, 0.4) is 0 Å². The SMILES string of the molecule is CC(C)(C)OC(=O)CCCCCCCCCCCCCCCCCCC(=O)OCCOC(=O)CCCCCCCCCCCCCCCCCCC(=O)O. The van der Waals surface area contributed by atoms with Crippen LogP contribution in [-0.2, 0) is 33.4 Å². The molecule has 8 heteroatoms. The van der Waals surface area contributed by atoms with Crippen LogP contribution in [0.15, 0.2) is 0 Å². The molecule has 0 saturated heterocycles. The Morgan fingerprint density at radius 2 is 0.537 bits per heavy atom. The van der Waals surface area contributed by atoms with Crippen molar-refractivity contribution < 1.29 is 38.5 Å². The molecule has 0 heterocycles. The molecule has 0 unspecified atom stereocenters. The Morgan fingerprint density at radius 3 is 0.759 bits per heavy atom. The minimum absolute atomic E-state index is 0.0710. The number of aliphatic carboxylic acids is 1. The van der Waals surface area contributed by atoms with Crippen molar-refractivity contribution in [3.63, 3.8) is 0 Å². The van der Waals surface area contributed by atoms with Gasteiger partial charge >= 0.3 is 23.9 Å². The minimum atomic E-state index is -0.679. The van der Waals surface area contributed by atoms with Crippen LogP contribution in [0, 0.1) is 0 Å². The maximum atomic E-state index is 12.0. The number of hydrogen-bond acceptors (Lipinski definition) is 7. The van der Waals surface area contributed by atoms with E-state index < -0.39 is 5.97 Å². The van der Waals surface area contributed by atoms with E-state index in [-0.39, 0.29) is 36.7 Å². The Labute approximate surface area is 332 Å². The lowest BCUT2D eigenvalue weighted by Crippen LogP contribution is -2.23. The van der Waals surface area contributed by atoms with E-state index >= 15 is 0 Å². The molecule has 0 rings (SSSR count). The molecule has 0 amide bonds. The van der Waals surface area contributed by atoms with E-state index in [2.05, 4.69) is 0 Å². The molecule has 54 heavy (non-hydrogen) atoms. The summed E-state index contributed by atoms with van der Waals surface area (Å²) in [7, 11) is 0. The monoisotopic (exact) mass is 767 g/mol. The van der Waals surface area contributed by atoms with Gasteiger partial charge in [0.15, 0.2) is 0 Å². The molecule has 0 atom stereocenters. The van der Waals surface area contributed by atoms with Gasteiger partial charge in [0.05, 0.1) is 0 Å². The second-order valence-electron chi connectivity index (χ2n) is 16.7. The number of rotatable bonds is 41. The summed E-state index contributed by atoms with van der Waals surface area (Å²) in [4.78, 5) is 46.2. The van der Waals surface area contributed by atoms with Gasteiger partial charge in [-0.25, -0.2) is 0 Å². The van der Waals surface area contributed by atoms with E-state index in [0.717, 1.165) is 51.4 Å². The summed E-state index contributed by atoms with van der Waals surface area (Å²) >= 11 is 0. The van der Waals surface area contributed by atoms with Crippen molar-refractivity contribution >= 4 is 23.9 Å². The Hall–Kier alpha value is -2.12. The zero-order chi connectivity index (χ0) is 39.8. The van der Waals surface area contributed by atoms with Gasteiger partial charge < -0.3 is 19.3 Å². The first-order chi connectivity index (χ1) is 26.1. The number of hydrogen-bond donors (Lipinski definition) is 1. The summed E-state index contributed by atoms with van der Waals surface area (Å²) in [6, 6.07) is 0. The van der Waals surface area contributed by atoms with Crippen molar-refractivity contribution in [1.29, 1.82) is 0 Å². The van der Waals surface area contributed by atoms with E-state index in [1.165, 1.54) is 154 Å². The Morgan fingerprint density at radius 1 is 0.333 bits per heavy atom. The first kappa shape index (κ1) is 51.9. The number of carboxylic acid groups (broad SMARTS) is 1. The van der Waals surface area contributed by atoms with Gasteiger partial charge in [-0.1, -0.05) is 180 Å². The topological polar surface area (TPSA) is 116 Å². The summed E-state index contributed by atoms with van der Waals surface area (Å²) in [5.41, 5.74) is -0.377. The number of esters is 3. The van der Waals surface area contributed by atoms with Crippen molar-refractivity contribution in [1.82, 2.24) is 0 Å². The molecule has 0 aromatic carbocycles. The average Bonchev–Trinajstić information content (AvgIpc) is 3.11. The van der Waals surface area contributed by atoms with E-state index in [1.54, 1.807) is 0 Å². The first-order valence-corrected chi connectivity index (χ1v) is 22.8. The zero-order valence-corrected chi connectivity index (χ0v) is 35.7. The molecule has 0 aliphatic carbocycles. The molecular formula is C46H86O8. The molecule has 1 N–H and O–H groups in total. The third-order valence-corrected chi connectivity index (χ3v) is 10.1. The van der Waals surface area contributed by atoms with Gasteiger partial charge in [-0.3, -0.25) is 19.2 Å². The molecule has 8 nitrogen and oxygen atoms in total. The molecular weight excluding hydrogens is 680 g/mol. The number of carboxylic acids is 1. The Balaban J connectivity index is 3.29. The summed E-state index contributed by atoms with van der Waals surface area (Å²) in [5, 5.41) is 8.65. The number of carbonyl (C=O) groups excluding carboxylic acids is 3. The van der Waals surface area contributed by atoms with Crippen LogP contribution in [0.4, 0.5) is 0 Å². The van der Waals surface area contributed by atoms with Crippen molar-refractivity contribution in [2.75, 3.05) is 13.2 Å². The molecule has 0 saturated carbocycles. The summed E-state index contributed by atoms with van der Waals surface area (Å²) in [6.07, 6.45) is 40.2. The Bertz CT molecular complexity index is 880. The summed E-state index contributed by atoms with van der Waals surface area (Å²) in [6.45, 7) is 6.05. The fourth-order valence-corrected chi connectivity index (χ4v) is 6.88. The highest BCUT2D eigenvalue weighted by molar-refractivity contribution is 5.70. The molecule has 0 aliphatic heterocycles. The van der Waals surface area contributed by atoms with Crippen LogP contribution in [0.25, 0.3) is 0 Å². The van der Waals surface area contributed by atoms with Crippen LogP contribution < -0.4 is 0 Å². The zero-order valence-electron chi connectivity index (χ0n) is 35.7. The standard InChI is InChI=1S/C46H86O8/c1-46(2,3)54-45(51)39-35-31-27-23-19-15-11-7-6-10-14-18-22-26-30-34-38-44(50)53-41-40-52-43(49)37-33-29-25-21-17-13-9-5-4-8-12-16-20-24-28-32-36-42(47)48/h4-41H2,1-3H3,(H,47,48). The molecule has 0 aromatic rings. The smallest absolute Gasteiger partial charge is 0.306 e. The van der Waals surface area contributed by atoms with Crippen LogP contribution >= 0.6 is 0 Å². The second kappa shape index (κ2) is 39.1. The predicted molar refractivity (Wildman–Crippen MR) is 222 cm³/mol. The molecule has 0 fully saturated rings. The van der Waals surface area contributed by atoms with Crippen LogP contribution in [0.1, 0.15) is 252 Å². The van der Waals surface area contributed by atoms with Crippen LogP contribution in [0.5, 0.6) is 0 Å². The first-order valence-electron chi connectivity index (χ1n) is 22.8. The van der Waals surface area contributed by atoms with E-state index in [9.17, 15) is 19.2 Å².